The molecule has 0 amide bonds. The molecule has 0 spiro atoms. The molecule has 0 heterocycles. The molecule has 5 fully saturated rings. The molecule has 6 rings (SSSR count). The second kappa shape index (κ2) is 14.0. The van der Waals surface area contributed by atoms with Gasteiger partial charge in [0, 0.05) is 37.7 Å². The van der Waals surface area contributed by atoms with Crippen LogP contribution in [0, 0.1) is 56.7 Å². The smallest absolute Gasteiger partial charge is 0.331 e. The van der Waals surface area contributed by atoms with Crippen molar-refractivity contribution in [2.75, 3.05) is 6.61 Å². The van der Waals surface area contributed by atoms with Gasteiger partial charge in [0.2, 0.25) is 0 Å². The van der Waals surface area contributed by atoms with E-state index < -0.39 is 17.9 Å². The average Bonchev–Trinajstić information content (AvgIpc) is 3.45. The summed E-state index contributed by atoms with van der Waals surface area (Å²) >= 11 is 0. The number of allylic oxidation sites excluding steroid dienone is 1. The highest BCUT2D eigenvalue weighted by molar-refractivity contribution is 5.87. The van der Waals surface area contributed by atoms with Gasteiger partial charge < -0.3 is 18.9 Å². The van der Waals surface area contributed by atoms with E-state index in [4.69, 9.17) is 18.9 Å². The van der Waals surface area contributed by atoms with Gasteiger partial charge in [-0.15, -0.1) is 0 Å². The largest absolute Gasteiger partial charge is 0.465 e. The fourth-order valence-electron chi connectivity index (χ4n) is 13.4. The third-order valence-electron chi connectivity index (χ3n) is 15.9. The van der Waals surface area contributed by atoms with Crippen molar-refractivity contribution in [1.29, 1.82) is 0 Å². The van der Waals surface area contributed by atoms with E-state index in [0.29, 0.717) is 41.8 Å². The first kappa shape index (κ1) is 39.3. The first-order chi connectivity index (χ1) is 24.8. The second-order valence-electron chi connectivity index (χ2n) is 18.8. The van der Waals surface area contributed by atoms with Crippen LogP contribution in [0.5, 0.6) is 11.5 Å². The van der Waals surface area contributed by atoms with Crippen molar-refractivity contribution in [3.63, 3.8) is 0 Å². The lowest BCUT2D eigenvalue weighted by Crippen LogP contribution is -2.67. The van der Waals surface area contributed by atoms with Crippen molar-refractivity contribution in [2.45, 2.75) is 133 Å². The van der Waals surface area contributed by atoms with Crippen LogP contribution in [0.25, 0.3) is 6.08 Å². The summed E-state index contributed by atoms with van der Waals surface area (Å²) in [6.45, 7) is 23.8. The van der Waals surface area contributed by atoms with E-state index in [-0.39, 0.29) is 50.6 Å². The highest BCUT2D eigenvalue weighted by Gasteiger charge is 2.71. The summed E-state index contributed by atoms with van der Waals surface area (Å²) in [7, 11) is 0. The number of esters is 4. The van der Waals surface area contributed by atoms with Crippen LogP contribution in [0.3, 0.4) is 0 Å². The maximum absolute atomic E-state index is 13.3. The third-order valence-corrected chi connectivity index (χ3v) is 15.9. The van der Waals surface area contributed by atoms with Gasteiger partial charge in [0.25, 0.3) is 0 Å². The predicted octanol–water partition coefficient (Wildman–Crippen LogP) is 9.68. The highest BCUT2D eigenvalue weighted by atomic mass is 16.6. The fraction of sp³-hybridized carbons (Fsp3) is 0.689. The first-order valence-electron chi connectivity index (χ1n) is 20.0. The van der Waals surface area contributed by atoms with Crippen LogP contribution in [0.4, 0.5) is 0 Å². The Hall–Kier alpha value is -3.42. The van der Waals surface area contributed by atoms with Crippen molar-refractivity contribution in [3.05, 3.63) is 42.0 Å². The van der Waals surface area contributed by atoms with Crippen molar-refractivity contribution in [3.8, 4) is 11.5 Å². The lowest BCUT2D eigenvalue weighted by Gasteiger charge is -2.73. The Labute approximate surface area is 316 Å². The quantitative estimate of drug-likeness (QED) is 0.113. The van der Waals surface area contributed by atoms with Crippen LogP contribution in [-0.4, -0.2) is 36.6 Å². The number of carbonyl (C=O) groups is 4. The molecule has 10 atom stereocenters. The molecular weight excluding hydrogens is 668 g/mol. The van der Waals surface area contributed by atoms with Gasteiger partial charge in [-0.2, -0.15) is 0 Å². The van der Waals surface area contributed by atoms with E-state index in [1.54, 1.807) is 31.2 Å². The van der Waals surface area contributed by atoms with E-state index in [9.17, 15) is 19.2 Å². The summed E-state index contributed by atoms with van der Waals surface area (Å²) in [4.78, 5) is 48.6. The molecule has 5 aliphatic rings. The Kier molecular flexibility index (Phi) is 10.4. The summed E-state index contributed by atoms with van der Waals surface area (Å²) in [6.07, 6.45) is 14.0. The van der Waals surface area contributed by atoms with Crippen molar-refractivity contribution in [1.82, 2.24) is 0 Å². The Morgan fingerprint density at radius 1 is 0.755 bits per heavy atom. The van der Waals surface area contributed by atoms with Crippen molar-refractivity contribution < 1.29 is 38.1 Å². The maximum atomic E-state index is 13.3. The predicted molar refractivity (Wildman–Crippen MR) is 204 cm³/mol. The standard InChI is InChI=1S/C45H62O8/c1-27(2)32-17-22-45(26-50-28(3)46)24-23-43(9)33(40(32)45)13-15-37-42(8)20-19-38(41(6,7)36(42)18-21-44(37,43)10)53-39(49)16-12-31-11-14-34(51-29(4)47)35(25-31)52-30(5)48/h11-12,14,16,25,32-33,36-38,40H,1,13,15,17-24,26H2,2-10H3/b16-12+/t32?,33?,36?,37?,38-,40?,42-,43+,44+,45+/m0/s1. The monoisotopic (exact) mass is 730 g/mol. The van der Waals surface area contributed by atoms with Gasteiger partial charge >= 0.3 is 23.9 Å². The molecule has 0 aliphatic heterocycles. The topological polar surface area (TPSA) is 105 Å². The number of ether oxygens (including phenoxy) is 4. The zero-order valence-corrected chi connectivity index (χ0v) is 33.6. The first-order valence-corrected chi connectivity index (χ1v) is 20.0. The summed E-state index contributed by atoms with van der Waals surface area (Å²) in [6, 6.07) is 4.79. The number of rotatable bonds is 8. The van der Waals surface area contributed by atoms with Gasteiger partial charge in [0.05, 0.1) is 6.61 Å². The van der Waals surface area contributed by atoms with Crippen LogP contribution in [-0.2, 0) is 28.7 Å². The number of fused-ring (bicyclic) bond motifs is 7. The van der Waals surface area contributed by atoms with Gasteiger partial charge in [-0.05, 0) is 141 Å². The molecule has 8 nitrogen and oxygen atoms in total. The second-order valence-corrected chi connectivity index (χ2v) is 18.8. The molecule has 290 valence electrons. The molecule has 5 aliphatic carbocycles. The van der Waals surface area contributed by atoms with E-state index >= 15 is 0 Å². The molecule has 1 aromatic rings. The van der Waals surface area contributed by atoms with Gasteiger partial charge in [-0.1, -0.05) is 52.8 Å². The molecule has 0 N–H and O–H groups in total. The zero-order valence-electron chi connectivity index (χ0n) is 33.6. The Morgan fingerprint density at radius 2 is 1.45 bits per heavy atom. The van der Waals surface area contributed by atoms with Gasteiger partial charge in [-0.25, -0.2) is 4.79 Å². The van der Waals surface area contributed by atoms with Crippen molar-refractivity contribution in [2.24, 2.45) is 56.7 Å². The Bertz CT molecular complexity index is 1690. The molecule has 0 radical (unpaired) electrons. The van der Waals surface area contributed by atoms with Crippen molar-refractivity contribution >= 4 is 30.0 Å². The minimum atomic E-state index is -0.544. The average molecular weight is 731 g/mol. The van der Waals surface area contributed by atoms with Crippen LogP contribution >= 0.6 is 0 Å². The molecule has 1 aromatic carbocycles. The number of carbonyl (C=O) groups excluding carboxylic acids is 4. The normalized spacial score (nSPS) is 38.4. The number of hydrogen-bond acceptors (Lipinski definition) is 8. The van der Waals surface area contributed by atoms with Gasteiger partial charge in [0.1, 0.15) is 6.10 Å². The molecule has 0 aromatic heterocycles. The molecule has 0 bridgehead atoms. The number of benzene rings is 1. The maximum Gasteiger partial charge on any atom is 0.331 e. The van der Waals surface area contributed by atoms with E-state index in [1.165, 1.54) is 51.2 Å². The summed E-state index contributed by atoms with van der Waals surface area (Å²) < 4.78 is 22.5. The molecule has 5 unspecified atom stereocenters. The van der Waals surface area contributed by atoms with E-state index in [1.807, 2.05) is 0 Å². The Balaban J connectivity index is 1.19. The van der Waals surface area contributed by atoms with E-state index in [0.717, 1.165) is 38.5 Å². The Morgan fingerprint density at radius 3 is 2.11 bits per heavy atom. The van der Waals surface area contributed by atoms with Crippen LogP contribution in [0.15, 0.2) is 36.4 Å². The fourth-order valence-corrected chi connectivity index (χ4v) is 13.4. The third kappa shape index (κ3) is 6.68. The molecular formula is C45H62O8. The highest BCUT2D eigenvalue weighted by Crippen LogP contribution is 2.77. The number of hydrogen-bond donors (Lipinski definition) is 0. The zero-order chi connectivity index (χ0) is 38.7. The van der Waals surface area contributed by atoms with E-state index in [2.05, 4.69) is 48.1 Å². The lowest BCUT2D eigenvalue weighted by atomic mass is 9.32. The minimum absolute atomic E-state index is 0.0557. The van der Waals surface area contributed by atoms with Gasteiger partial charge in [-0.3, -0.25) is 14.4 Å². The molecule has 8 heteroatoms. The summed E-state index contributed by atoms with van der Waals surface area (Å²) in [5.41, 5.74) is 2.27. The molecule has 53 heavy (non-hydrogen) atoms. The lowest BCUT2D eigenvalue weighted by molar-refractivity contribution is -0.251. The van der Waals surface area contributed by atoms with Crippen LogP contribution < -0.4 is 9.47 Å². The SMILES string of the molecule is C=C(C)C1CC[C@]2(COC(C)=O)CC[C@]3(C)C(CCC4[C@@]5(C)CC[C@H](OC(=O)/C=C/c6ccc(OC(C)=O)c(OC(C)=O)c6)C(C)(C)C5CC[C@]43C)C12. The van der Waals surface area contributed by atoms with Crippen LogP contribution in [0.1, 0.15) is 132 Å². The minimum Gasteiger partial charge on any atom is -0.465 e. The van der Waals surface area contributed by atoms with Gasteiger partial charge in [0.15, 0.2) is 11.5 Å². The summed E-state index contributed by atoms with van der Waals surface area (Å²) in [5.74, 6) is 1.17. The van der Waals surface area contributed by atoms with Crippen LogP contribution in [0.2, 0.25) is 0 Å². The summed E-state index contributed by atoms with van der Waals surface area (Å²) in [5, 5.41) is 0. The molecule has 5 saturated carbocycles. The molecule has 0 saturated heterocycles.